The molecule has 0 aliphatic heterocycles. The van der Waals surface area contributed by atoms with Crippen LogP contribution in [0.1, 0.15) is 10.4 Å². The number of nitrogens with one attached hydrogen (secondary N) is 1. The van der Waals surface area contributed by atoms with Crippen molar-refractivity contribution in [2.24, 2.45) is 5.14 Å². The van der Waals surface area contributed by atoms with Crippen molar-refractivity contribution < 1.29 is 27.1 Å². The van der Waals surface area contributed by atoms with Crippen molar-refractivity contribution in [3.05, 3.63) is 58.3 Å². The zero-order chi connectivity index (χ0) is 18.6. The van der Waals surface area contributed by atoms with Gasteiger partial charge in [-0.25, -0.2) is 22.7 Å². The number of nitrogens with two attached hydrogens (primary N) is 1. The Morgan fingerprint density at radius 3 is 2.56 bits per heavy atom. The van der Waals surface area contributed by atoms with E-state index in [9.17, 15) is 22.4 Å². The molecule has 0 aliphatic carbocycles. The summed E-state index contributed by atoms with van der Waals surface area (Å²) in [6.07, 6.45) is 0. The molecule has 10 heteroatoms. The smallest absolute Gasteiger partial charge is 0.339 e. The van der Waals surface area contributed by atoms with Crippen LogP contribution in [0.4, 0.5) is 10.1 Å². The molecule has 0 radical (unpaired) electrons. The molecule has 2 aromatic carbocycles. The summed E-state index contributed by atoms with van der Waals surface area (Å²) in [5.74, 6) is -2.03. The van der Waals surface area contributed by atoms with Gasteiger partial charge in [-0.05, 0) is 52.3 Å². The Hall–Kier alpha value is -2.30. The number of carbonyl (C=O) groups is 2. The summed E-state index contributed by atoms with van der Waals surface area (Å²) in [6, 6.07) is 8.69. The zero-order valence-electron chi connectivity index (χ0n) is 12.5. The molecule has 0 aliphatic rings. The van der Waals surface area contributed by atoms with Gasteiger partial charge in [-0.2, -0.15) is 0 Å². The predicted octanol–water partition coefficient (Wildman–Crippen LogP) is 2.03. The monoisotopic (exact) mass is 430 g/mol. The summed E-state index contributed by atoms with van der Waals surface area (Å²) >= 11 is 3.02. The number of ether oxygens (including phenoxy) is 1. The molecule has 0 spiro atoms. The molecule has 132 valence electrons. The highest BCUT2D eigenvalue weighted by molar-refractivity contribution is 9.10. The van der Waals surface area contributed by atoms with Gasteiger partial charge in [0.25, 0.3) is 5.91 Å². The molecule has 0 saturated heterocycles. The number of esters is 1. The maximum atomic E-state index is 13.0. The lowest BCUT2D eigenvalue weighted by Crippen LogP contribution is -2.21. The minimum atomic E-state index is -3.90. The Morgan fingerprint density at radius 1 is 1.20 bits per heavy atom. The average molecular weight is 431 g/mol. The predicted molar refractivity (Wildman–Crippen MR) is 90.8 cm³/mol. The Morgan fingerprint density at radius 2 is 1.92 bits per heavy atom. The van der Waals surface area contributed by atoms with Gasteiger partial charge in [0.2, 0.25) is 10.0 Å². The molecule has 0 bridgehead atoms. The molecule has 2 aromatic rings. The number of rotatable bonds is 5. The van der Waals surface area contributed by atoms with Crippen molar-refractivity contribution in [2.75, 3.05) is 11.9 Å². The molecule has 7 nitrogen and oxygen atoms in total. The lowest BCUT2D eigenvalue weighted by atomic mass is 10.2. The standard InChI is InChI=1S/C15H12BrFN2O5S/c16-13-6-9(17)4-5-12(13)15(21)24-8-14(20)19-10-2-1-3-11(7-10)25(18,22)23/h1-7H,8H2,(H,19,20)(H2,18,22,23). The summed E-state index contributed by atoms with van der Waals surface area (Å²) in [5.41, 5.74) is 0.237. The highest BCUT2D eigenvalue weighted by atomic mass is 79.9. The largest absolute Gasteiger partial charge is 0.452 e. The second-order valence-electron chi connectivity index (χ2n) is 4.82. The number of benzene rings is 2. The van der Waals surface area contributed by atoms with Crippen LogP contribution in [0.3, 0.4) is 0 Å². The van der Waals surface area contributed by atoms with Gasteiger partial charge in [-0.3, -0.25) is 4.79 Å². The second kappa shape index (κ2) is 7.72. The summed E-state index contributed by atoms with van der Waals surface area (Å²) in [6.45, 7) is -0.609. The van der Waals surface area contributed by atoms with E-state index in [0.717, 1.165) is 12.1 Å². The van der Waals surface area contributed by atoms with Gasteiger partial charge in [0.15, 0.2) is 6.61 Å². The first kappa shape index (κ1) is 19.0. The van der Waals surface area contributed by atoms with Gasteiger partial charge >= 0.3 is 5.97 Å². The highest BCUT2D eigenvalue weighted by Crippen LogP contribution is 2.19. The molecule has 2 rings (SSSR count). The van der Waals surface area contributed by atoms with Crippen molar-refractivity contribution in [1.82, 2.24) is 0 Å². The number of hydrogen-bond donors (Lipinski definition) is 2. The van der Waals surface area contributed by atoms with Gasteiger partial charge in [-0.15, -0.1) is 0 Å². The van der Waals surface area contributed by atoms with Crippen LogP contribution >= 0.6 is 15.9 Å². The molecular formula is C15H12BrFN2O5S. The van der Waals surface area contributed by atoms with Gasteiger partial charge in [0.1, 0.15) is 5.82 Å². The summed E-state index contributed by atoms with van der Waals surface area (Å²) in [7, 11) is -3.90. The Kier molecular flexibility index (Phi) is 5.88. The summed E-state index contributed by atoms with van der Waals surface area (Å²) in [4.78, 5) is 23.5. The first-order valence-electron chi connectivity index (χ1n) is 6.72. The Balaban J connectivity index is 1.98. The van der Waals surface area contributed by atoms with E-state index in [0.29, 0.717) is 0 Å². The van der Waals surface area contributed by atoms with Crippen LogP contribution in [0.15, 0.2) is 51.8 Å². The summed E-state index contributed by atoms with van der Waals surface area (Å²) in [5, 5.41) is 7.38. The first-order chi connectivity index (χ1) is 11.7. The van der Waals surface area contributed by atoms with Crippen molar-refractivity contribution in [2.45, 2.75) is 4.90 Å². The minimum Gasteiger partial charge on any atom is -0.452 e. The molecule has 25 heavy (non-hydrogen) atoms. The van der Waals surface area contributed by atoms with Crippen molar-refractivity contribution >= 4 is 43.5 Å². The number of amides is 1. The van der Waals surface area contributed by atoms with Crippen LogP contribution in [0, 0.1) is 5.82 Å². The highest BCUT2D eigenvalue weighted by Gasteiger charge is 2.15. The van der Waals surface area contributed by atoms with Crippen molar-refractivity contribution in [3.63, 3.8) is 0 Å². The van der Waals surface area contributed by atoms with E-state index in [2.05, 4.69) is 21.2 Å². The fourth-order valence-electron chi connectivity index (χ4n) is 1.81. The van der Waals surface area contributed by atoms with Crippen molar-refractivity contribution in [1.29, 1.82) is 0 Å². The molecule has 3 N–H and O–H groups in total. The van der Waals surface area contributed by atoms with E-state index in [1.54, 1.807) is 0 Å². The zero-order valence-corrected chi connectivity index (χ0v) is 14.9. The van der Waals surface area contributed by atoms with E-state index in [-0.39, 0.29) is 20.6 Å². The van der Waals surface area contributed by atoms with E-state index in [1.165, 1.54) is 30.3 Å². The first-order valence-corrected chi connectivity index (χ1v) is 9.05. The molecule has 0 unspecified atom stereocenters. The molecule has 0 saturated carbocycles. The number of primary sulfonamides is 1. The third-order valence-electron chi connectivity index (χ3n) is 2.93. The van der Waals surface area contributed by atoms with Gasteiger partial charge in [0, 0.05) is 10.2 Å². The van der Waals surface area contributed by atoms with E-state index in [4.69, 9.17) is 9.88 Å². The maximum Gasteiger partial charge on any atom is 0.339 e. The number of sulfonamides is 1. The number of hydrogen-bond acceptors (Lipinski definition) is 5. The Bertz CT molecular complexity index is 933. The van der Waals surface area contributed by atoms with Crippen LogP contribution in [-0.2, 0) is 19.6 Å². The number of carbonyl (C=O) groups excluding carboxylic acids is 2. The number of anilines is 1. The topological polar surface area (TPSA) is 116 Å². The average Bonchev–Trinajstić information content (AvgIpc) is 2.52. The van der Waals surface area contributed by atoms with E-state index < -0.39 is 34.3 Å². The quantitative estimate of drug-likeness (QED) is 0.703. The number of halogens is 2. The second-order valence-corrected chi connectivity index (χ2v) is 7.24. The van der Waals surface area contributed by atoms with Crippen LogP contribution in [0.25, 0.3) is 0 Å². The van der Waals surface area contributed by atoms with Crippen LogP contribution in [-0.4, -0.2) is 26.9 Å². The van der Waals surface area contributed by atoms with Gasteiger partial charge in [-0.1, -0.05) is 6.07 Å². The molecule has 1 amide bonds. The van der Waals surface area contributed by atoms with Crippen LogP contribution < -0.4 is 10.5 Å². The molecule has 0 aromatic heterocycles. The van der Waals surface area contributed by atoms with E-state index >= 15 is 0 Å². The maximum absolute atomic E-state index is 13.0. The molecule has 0 fully saturated rings. The fraction of sp³-hybridized carbons (Fsp3) is 0.0667. The Labute approximate surface area is 151 Å². The normalized spacial score (nSPS) is 11.0. The fourth-order valence-corrected chi connectivity index (χ4v) is 2.88. The van der Waals surface area contributed by atoms with Gasteiger partial charge in [0.05, 0.1) is 10.5 Å². The lowest BCUT2D eigenvalue weighted by Gasteiger charge is -2.08. The minimum absolute atomic E-state index is 0.0606. The van der Waals surface area contributed by atoms with Gasteiger partial charge < -0.3 is 10.1 Å². The third-order valence-corrected chi connectivity index (χ3v) is 4.50. The molecule has 0 atom stereocenters. The van der Waals surface area contributed by atoms with Crippen LogP contribution in [0.5, 0.6) is 0 Å². The lowest BCUT2D eigenvalue weighted by molar-refractivity contribution is -0.119. The molecule has 0 heterocycles. The van der Waals surface area contributed by atoms with Crippen molar-refractivity contribution in [3.8, 4) is 0 Å². The molecular weight excluding hydrogens is 419 g/mol. The third kappa shape index (κ3) is 5.34. The van der Waals surface area contributed by atoms with Crippen LogP contribution in [0.2, 0.25) is 0 Å². The summed E-state index contributed by atoms with van der Waals surface area (Å²) < 4.78 is 40.5. The van der Waals surface area contributed by atoms with E-state index in [1.807, 2.05) is 0 Å². The SMILES string of the molecule is NS(=O)(=O)c1cccc(NC(=O)COC(=O)c2ccc(F)cc2Br)c1.